The van der Waals surface area contributed by atoms with E-state index in [0.717, 1.165) is 76.6 Å². The monoisotopic (exact) mass is 543 g/mol. The highest BCUT2D eigenvalue weighted by Gasteiger charge is 2.36. The standard InChI is InChI=1S/C32H37N3O3S/c1-20-3-10-30(28(11-20)29-19-39-32(33-29)35-14-22-4-5-23(13-22)15-35)37-18-25-7-6-24(12-21(25)2)31(36)34-16-26-8-9-27(17-34)38-26/h3,6-7,10-12,19,22-23,26-27H,4-5,8-9,13-18H2,1-2H3/t22-,23?,26-,27+/m1/s1. The number of anilines is 1. The fraction of sp³-hybridized carbons (Fsp3) is 0.500. The maximum absolute atomic E-state index is 13.2. The van der Waals surface area contributed by atoms with Gasteiger partial charge in [0.05, 0.1) is 17.9 Å². The van der Waals surface area contributed by atoms with Crippen LogP contribution in [0.25, 0.3) is 11.3 Å². The van der Waals surface area contributed by atoms with Gasteiger partial charge >= 0.3 is 0 Å². The molecule has 1 saturated carbocycles. The Kier molecular flexibility index (Phi) is 6.60. The van der Waals surface area contributed by atoms with Crippen LogP contribution >= 0.6 is 11.3 Å². The van der Waals surface area contributed by atoms with Gasteiger partial charge < -0.3 is 19.3 Å². The van der Waals surface area contributed by atoms with Gasteiger partial charge in [-0.3, -0.25) is 4.79 Å². The average Bonchev–Trinajstić information content (AvgIpc) is 3.66. The lowest BCUT2D eigenvalue weighted by Crippen LogP contribution is -2.45. The Hall–Kier alpha value is -2.90. The van der Waals surface area contributed by atoms with Gasteiger partial charge in [0, 0.05) is 42.7 Å². The average molecular weight is 544 g/mol. The largest absolute Gasteiger partial charge is 0.488 e. The van der Waals surface area contributed by atoms with Crippen LogP contribution in [0.4, 0.5) is 5.13 Å². The van der Waals surface area contributed by atoms with Gasteiger partial charge in [-0.25, -0.2) is 4.98 Å². The van der Waals surface area contributed by atoms with E-state index >= 15 is 0 Å². The minimum absolute atomic E-state index is 0.104. The number of aryl methyl sites for hydroxylation is 2. The molecule has 4 atom stereocenters. The lowest BCUT2D eigenvalue weighted by atomic mass is 9.99. The molecule has 7 heteroatoms. The second-order valence-electron chi connectivity index (χ2n) is 12.1. The summed E-state index contributed by atoms with van der Waals surface area (Å²) in [5, 5.41) is 3.31. The first-order valence-corrected chi connectivity index (χ1v) is 15.3. The third-order valence-corrected chi connectivity index (χ3v) is 9.99. The molecule has 39 heavy (non-hydrogen) atoms. The minimum Gasteiger partial charge on any atom is -0.488 e. The van der Waals surface area contributed by atoms with Crippen LogP contribution in [0.5, 0.6) is 5.75 Å². The van der Waals surface area contributed by atoms with E-state index < -0.39 is 0 Å². The summed E-state index contributed by atoms with van der Waals surface area (Å²) in [6, 6.07) is 12.3. The van der Waals surface area contributed by atoms with Gasteiger partial charge in [0.1, 0.15) is 12.4 Å². The zero-order chi connectivity index (χ0) is 26.5. The first kappa shape index (κ1) is 25.1. The molecule has 3 saturated heterocycles. The number of fused-ring (bicyclic) bond motifs is 4. The van der Waals surface area contributed by atoms with Crippen LogP contribution in [0.2, 0.25) is 0 Å². The fourth-order valence-electron chi connectivity index (χ4n) is 6.98. The summed E-state index contributed by atoms with van der Waals surface area (Å²) in [5.74, 6) is 2.62. The van der Waals surface area contributed by atoms with E-state index in [2.05, 4.69) is 42.3 Å². The molecule has 204 valence electrons. The van der Waals surface area contributed by atoms with E-state index in [0.29, 0.717) is 19.7 Å². The molecule has 6 nitrogen and oxygen atoms in total. The van der Waals surface area contributed by atoms with Crippen LogP contribution in [0.15, 0.2) is 41.8 Å². The van der Waals surface area contributed by atoms with Crippen LogP contribution in [-0.2, 0) is 11.3 Å². The molecule has 4 fully saturated rings. The highest BCUT2D eigenvalue weighted by Crippen LogP contribution is 2.41. The van der Waals surface area contributed by atoms with Crippen LogP contribution in [-0.4, -0.2) is 54.2 Å². The van der Waals surface area contributed by atoms with Crippen LogP contribution in [0, 0.1) is 25.7 Å². The summed E-state index contributed by atoms with van der Waals surface area (Å²) in [4.78, 5) is 22.7. The molecule has 1 amide bonds. The number of amides is 1. The molecule has 1 aliphatic carbocycles. The van der Waals surface area contributed by atoms with E-state index in [-0.39, 0.29) is 18.1 Å². The number of benzene rings is 2. The molecule has 7 rings (SSSR count). The SMILES string of the molecule is Cc1ccc(OCc2ccc(C(=O)N3C[C@H]4CC[C@@H](C3)O4)cc2C)c(-c2csc(N3CC4CC[C@H](C4)C3)n2)c1. The Morgan fingerprint density at radius 2 is 1.77 bits per heavy atom. The predicted octanol–water partition coefficient (Wildman–Crippen LogP) is 6.25. The molecule has 1 unspecified atom stereocenters. The molecule has 3 aliphatic heterocycles. The Morgan fingerprint density at radius 1 is 1.00 bits per heavy atom. The first-order valence-electron chi connectivity index (χ1n) is 14.5. The zero-order valence-electron chi connectivity index (χ0n) is 22.9. The lowest BCUT2D eigenvalue weighted by molar-refractivity contribution is -0.0303. The highest BCUT2D eigenvalue weighted by atomic mass is 32.1. The molecular formula is C32H37N3O3S. The molecule has 1 aromatic heterocycles. The van der Waals surface area contributed by atoms with Crippen molar-refractivity contribution in [3.63, 3.8) is 0 Å². The molecule has 0 spiro atoms. The van der Waals surface area contributed by atoms with Crippen molar-refractivity contribution in [3.05, 3.63) is 64.0 Å². The molecule has 4 bridgehead atoms. The molecule has 4 aliphatic rings. The number of thiazole rings is 1. The third-order valence-electron chi connectivity index (χ3n) is 9.08. The van der Waals surface area contributed by atoms with E-state index in [4.69, 9.17) is 14.5 Å². The van der Waals surface area contributed by atoms with Crippen LogP contribution in [0.1, 0.15) is 59.2 Å². The summed E-state index contributed by atoms with van der Waals surface area (Å²) in [6.07, 6.45) is 6.67. The second kappa shape index (κ2) is 10.3. The van der Waals surface area contributed by atoms with Crippen molar-refractivity contribution < 1.29 is 14.3 Å². The number of hydrogen-bond donors (Lipinski definition) is 0. The topological polar surface area (TPSA) is 54.9 Å². The number of piperidine rings is 1. The number of carbonyl (C=O) groups is 1. The number of nitrogens with zero attached hydrogens (tertiary/aromatic N) is 3. The van der Waals surface area contributed by atoms with E-state index in [9.17, 15) is 4.79 Å². The van der Waals surface area contributed by atoms with Crippen molar-refractivity contribution in [2.24, 2.45) is 11.8 Å². The Labute approximate surface area is 234 Å². The van der Waals surface area contributed by atoms with Crippen molar-refractivity contribution in [3.8, 4) is 17.0 Å². The summed E-state index contributed by atoms with van der Waals surface area (Å²) < 4.78 is 12.3. The number of hydrogen-bond acceptors (Lipinski definition) is 6. The normalized spacial score (nSPS) is 25.8. The van der Waals surface area contributed by atoms with Gasteiger partial charge in [0.25, 0.3) is 5.91 Å². The van der Waals surface area contributed by atoms with E-state index in [1.807, 2.05) is 23.1 Å². The number of aromatic nitrogens is 1. The summed E-state index contributed by atoms with van der Waals surface area (Å²) in [5.41, 5.74) is 6.13. The van der Waals surface area contributed by atoms with Gasteiger partial charge in [-0.1, -0.05) is 17.7 Å². The summed E-state index contributed by atoms with van der Waals surface area (Å²) in [7, 11) is 0. The molecule has 2 aromatic carbocycles. The maximum Gasteiger partial charge on any atom is 0.254 e. The van der Waals surface area contributed by atoms with Crippen molar-refractivity contribution in [1.29, 1.82) is 0 Å². The summed E-state index contributed by atoms with van der Waals surface area (Å²) >= 11 is 1.75. The highest BCUT2D eigenvalue weighted by molar-refractivity contribution is 7.14. The molecule has 0 N–H and O–H groups in total. The van der Waals surface area contributed by atoms with Crippen molar-refractivity contribution >= 4 is 22.4 Å². The quantitative estimate of drug-likeness (QED) is 0.368. The Balaban J connectivity index is 1.05. The zero-order valence-corrected chi connectivity index (χ0v) is 23.7. The van der Waals surface area contributed by atoms with Gasteiger partial charge in [0.15, 0.2) is 5.13 Å². The van der Waals surface area contributed by atoms with Crippen molar-refractivity contribution in [1.82, 2.24) is 9.88 Å². The van der Waals surface area contributed by atoms with E-state index in [1.54, 1.807) is 11.3 Å². The lowest BCUT2D eigenvalue weighted by Gasteiger charge is -2.32. The van der Waals surface area contributed by atoms with Gasteiger partial charge in [-0.2, -0.15) is 0 Å². The number of likely N-dealkylation sites (tertiary alicyclic amines) is 1. The van der Waals surface area contributed by atoms with Gasteiger partial charge in [-0.15, -0.1) is 11.3 Å². The Bertz CT molecular complexity index is 1360. The predicted molar refractivity (Wildman–Crippen MR) is 155 cm³/mol. The van der Waals surface area contributed by atoms with E-state index in [1.165, 1.54) is 24.8 Å². The fourth-order valence-corrected chi connectivity index (χ4v) is 7.82. The van der Waals surface area contributed by atoms with Crippen LogP contribution < -0.4 is 9.64 Å². The number of ether oxygens (including phenoxy) is 2. The first-order chi connectivity index (χ1) is 19.0. The number of carbonyl (C=O) groups excluding carboxylic acids is 1. The maximum atomic E-state index is 13.2. The third kappa shape index (κ3) is 5.07. The molecule has 3 aromatic rings. The molecular weight excluding hydrogens is 506 g/mol. The Morgan fingerprint density at radius 3 is 2.51 bits per heavy atom. The number of rotatable bonds is 6. The molecule has 0 radical (unpaired) electrons. The van der Waals surface area contributed by atoms with Crippen molar-refractivity contribution in [2.45, 2.75) is 64.8 Å². The number of morpholine rings is 1. The second-order valence-corrected chi connectivity index (χ2v) is 12.9. The van der Waals surface area contributed by atoms with Gasteiger partial charge in [-0.05, 0) is 93.2 Å². The van der Waals surface area contributed by atoms with Crippen LogP contribution in [0.3, 0.4) is 0 Å². The van der Waals surface area contributed by atoms with Crippen molar-refractivity contribution in [2.75, 3.05) is 31.1 Å². The summed E-state index contributed by atoms with van der Waals surface area (Å²) in [6.45, 7) is 8.32. The smallest absolute Gasteiger partial charge is 0.254 e. The molecule has 4 heterocycles. The van der Waals surface area contributed by atoms with Gasteiger partial charge in [0.2, 0.25) is 0 Å². The minimum atomic E-state index is 0.104.